The SMILES string of the molecule is CCNC(=NCc1ccc(OCC(F)(F)F)c(OC)c1)NC1CCCC1.I. The molecule has 0 saturated heterocycles. The second-order valence-corrected chi connectivity index (χ2v) is 6.21. The molecule has 154 valence electrons. The zero-order valence-corrected chi connectivity index (χ0v) is 17.9. The fourth-order valence-electron chi connectivity index (χ4n) is 2.84. The minimum absolute atomic E-state index is 0. The van der Waals surface area contributed by atoms with Crippen molar-refractivity contribution in [1.82, 2.24) is 10.6 Å². The van der Waals surface area contributed by atoms with Crippen molar-refractivity contribution in [2.75, 3.05) is 20.3 Å². The number of aliphatic imine (C=N–C) groups is 1. The first-order chi connectivity index (χ1) is 12.4. The van der Waals surface area contributed by atoms with Gasteiger partial charge in [-0.05, 0) is 37.5 Å². The number of halogens is 4. The highest BCUT2D eigenvalue weighted by atomic mass is 127. The topological polar surface area (TPSA) is 54.9 Å². The summed E-state index contributed by atoms with van der Waals surface area (Å²) >= 11 is 0. The molecule has 0 aromatic heterocycles. The van der Waals surface area contributed by atoms with Gasteiger partial charge in [-0.3, -0.25) is 0 Å². The highest BCUT2D eigenvalue weighted by molar-refractivity contribution is 14.0. The molecule has 1 aliphatic rings. The number of hydrogen-bond donors (Lipinski definition) is 2. The number of benzene rings is 1. The molecule has 2 rings (SSSR count). The summed E-state index contributed by atoms with van der Waals surface area (Å²) in [6.45, 7) is 1.79. The highest BCUT2D eigenvalue weighted by Crippen LogP contribution is 2.30. The first-order valence-electron chi connectivity index (χ1n) is 8.82. The van der Waals surface area contributed by atoms with Crippen LogP contribution in [0.1, 0.15) is 38.2 Å². The monoisotopic (exact) mass is 501 g/mol. The van der Waals surface area contributed by atoms with Crippen LogP contribution in [0.15, 0.2) is 23.2 Å². The van der Waals surface area contributed by atoms with E-state index in [0.29, 0.717) is 12.6 Å². The average molecular weight is 501 g/mol. The summed E-state index contributed by atoms with van der Waals surface area (Å²) in [7, 11) is 1.40. The van der Waals surface area contributed by atoms with Crippen LogP contribution in [-0.4, -0.2) is 38.4 Å². The van der Waals surface area contributed by atoms with Gasteiger partial charge in [-0.25, -0.2) is 4.99 Å². The Hall–Kier alpha value is -1.39. The molecule has 0 heterocycles. The Morgan fingerprint density at radius 3 is 2.52 bits per heavy atom. The Balaban J connectivity index is 0.00000364. The lowest BCUT2D eigenvalue weighted by Crippen LogP contribution is -2.42. The third-order valence-corrected chi connectivity index (χ3v) is 4.08. The van der Waals surface area contributed by atoms with Gasteiger partial charge in [0.15, 0.2) is 24.1 Å². The Labute approximate surface area is 175 Å². The quantitative estimate of drug-likeness (QED) is 0.333. The molecule has 1 saturated carbocycles. The van der Waals surface area contributed by atoms with E-state index >= 15 is 0 Å². The van der Waals surface area contributed by atoms with Crippen LogP contribution in [0.4, 0.5) is 13.2 Å². The smallest absolute Gasteiger partial charge is 0.422 e. The number of guanidine groups is 1. The van der Waals surface area contributed by atoms with Gasteiger partial charge in [0.25, 0.3) is 0 Å². The molecular formula is C18H27F3IN3O2. The predicted octanol–water partition coefficient (Wildman–Crippen LogP) is 4.25. The molecule has 1 fully saturated rings. The lowest BCUT2D eigenvalue weighted by molar-refractivity contribution is -0.153. The van der Waals surface area contributed by atoms with Gasteiger partial charge in [0.2, 0.25) is 0 Å². The molecule has 1 aromatic carbocycles. The first-order valence-corrected chi connectivity index (χ1v) is 8.82. The third-order valence-electron chi connectivity index (χ3n) is 4.08. The van der Waals surface area contributed by atoms with Crippen molar-refractivity contribution >= 4 is 29.9 Å². The number of ether oxygens (including phenoxy) is 2. The Bertz CT molecular complexity index is 606. The Morgan fingerprint density at radius 2 is 1.93 bits per heavy atom. The molecule has 0 unspecified atom stereocenters. The summed E-state index contributed by atoms with van der Waals surface area (Å²) < 4.78 is 46.9. The number of hydrogen-bond acceptors (Lipinski definition) is 3. The van der Waals surface area contributed by atoms with Gasteiger partial charge < -0.3 is 20.1 Å². The fraction of sp³-hybridized carbons (Fsp3) is 0.611. The summed E-state index contributed by atoms with van der Waals surface area (Å²) in [6, 6.07) is 5.26. The summed E-state index contributed by atoms with van der Waals surface area (Å²) in [5.74, 6) is 1.07. The lowest BCUT2D eigenvalue weighted by atomic mass is 10.2. The zero-order valence-electron chi connectivity index (χ0n) is 15.6. The molecule has 5 nitrogen and oxygen atoms in total. The van der Waals surface area contributed by atoms with Crippen molar-refractivity contribution in [2.45, 2.75) is 51.4 Å². The van der Waals surface area contributed by atoms with E-state index in [1.807, 2.05) is 6.92 Å². The van der Waals surface area contributed by atoms with Crippen LogP contribution in [0.5, 0.6) is 11.5 Å². The van der Waals surface area contributed by atoms with Crippen molar-refractivity contribution in [3.8, 4) is 11.5 Å². The van der Waals surface area contributed by atoms with Gasteiger partial charge in [0.1, 0.15) is 0 Å². The fourth-order valence-corrected chi connectivity index (χ4v) is 2.84. The van der Waals surface area contributed by atoms with E-state index in [9.17, 15) is 13.2 Å². The van der Waals surface area contributed by atoms with Crippen LogP contribution in [0.2, 0.25) is 0 Å². The predicted molar refractivity (Wildman–Crippen MR) is 110 cm³/mol. The van der Waals surface area contributed by atoms with Crippen LogP contribution in [-0.2, 0) is 6.54 Å². The summed E-state index contributed by atoms with van der Waals surface area (Å²) in [5.41, 5.74) is 0.824. The van der Waals surface area contributed by atoms with Crippen LogP contribution in [0.25, 0.3) is 0 Å². The van der Waals surface area contributed by atoms with Gasteiger partial charge in [-0.1, -0.05) is 18.9 Å². The van der Waals surface area contributed by atoms with E-state index in [1.54, 1.807) is 12.1 Å². The van der Waals surface area contributed by atoms with Crippen LogP contribution < -0.4 is 20.1 Å². The number of nitrogens with one attached hydrogen (secondary N) is 2. The lowest BCUT2D eigenvalue weighted by Gasteiger charge is -2.17. The van der Waals surface area contributed by atoms with Gasteiger partial charge in [0.05, 0.1) is 13.7 Å². The molecule has 0 amide bonds. The van der Waals surface area contributed by atoms with E-state index in [1.165, 1.54) is 26.0 Å². The molecule has 0 aliphatic heterocycles. The van der Waals surface area contributed by atoms with Crippen molar-refractivity contribution in [3.63, 3.8) is 0 Å². The van der Waals surface area contributed by atoms with Crippen molar-refractivity contribution in [2.24, 2.45) is 4.99 Å². The third kappa shape index (κ3) is 8.44. The molecule has 27 heavy (non-hydrogen) atoms. The van der Waals surface area contributed by atoms with Gasteiger partial charge in [0, 0.05) is 12.6 Å². The number of nitrogens with zero attached hydrogens (tertiary/aromatic N) is 1. The summed E-state index contributed by atoms with van der Waals surface area (Å²) in [6.07, 6.45) is 0.356. The number of alkyl halides is 3. The molecule has 9 heteroatoms. The first kappa shape index (κ1) is 23.6. The minimum atomic E-state index is -4.39. The van der Waals surface area contributed by atoms with E-state index < -0.39 is 12.8 Å². The van der Waals surface area contributed by atoms with Crippen molar-refractivity contribution in [1.29, 1.82) is 0 Å². The van der Waals surface area contributed by atoms with E-state index in [4.69, 9.17) is 9.47 Å². The van der Waals surface area contributed by atoms with Crippen LogP contribution >= 0.6 is 24.0 Å². The number of methoxy groups -OCH3 is 1. The summed E-state index contributed by atoms with van der Waals surface area (Å²) in [5, 5.41) is 6.64. The Morgan fingerprint density at radius 1 is 1.22 bits per heavy atom. The maximum absolute atomic E-state index is 12.3. The van der Waals surface area contributed by atoms with Crippen LogP contribution in [0.3, 0.4) is 0 Å². The largest absolute Gasteiger partial charge is 0.493 e. The van der Waals surface area contributed by atoms with Crippen molar-refractivity contribution < 1.29 is 22.6 Å². The summed E-state index contributed by atoms with van der Waals surface area (Å²) in [4.78, 5) is 4.56. The second kappa shape index (κ2) is 11.5. The van der Waals surface area contributed by atoms with Crippen LogP contribution in [0, 0.1) is 0 Å². The number of rotatable bonds is 7. The zero-order chi connectivity index (χ0) is 19.0. The molecule has 1 aliphatic carbocycles. The van der Waals surface area contributed by atoms with Gasteiger partial charge >= 0.3 is 6.18 Å². The maximum Gasteiger partial charge on any atom is 0.422 e. The molecule has 2 N–H and O–H groups in total. The molecule has 0 spiro atoms. The van der Waals surface area contributed by atoms with E-state index in [-0.39, 0.29) is 35.5 Å². The van der Waals surface area contributed by atoms with E-state index in [0.717, 1.165) is 30.9 Å². The maximum atomic E-state index is 12.3. The molecular weight excluding hydrogens is 474 g/mol. The second-order valence-electron chi connectivity index (χ2n) is 6.21. The molecule has 0 bridgehead atoms. The highest BCUT2D eigenvalue weighted by Gasteiger charge is 2.29. The average Bonchev–Trinajstić information content (AvgIpc) is 3.10. The van der Waals surface area contributed by atoms with Crippen molar-refractivity contribution in [3.05, 3.63) is 23.8 Å². The Kier molecular flexibility index (Phi) is 10.0. The molecule has 0 atom stereocenters. The van der Waals surface area contributed by atoms with Gasteiger partial charge in [-0.2, -0.15) is 13.2 Å². The van der Waals surface area contributed by atoms with Gasteiger partial charge in [-0.15, -0.1) is 24.0 Å². The van der Waals surface area contributed by atoms with E-state index in [2.05, 4.69) is 15.6 Å². The normalized spacial score (nSPS) is 15.2. The molecule has 0 radical (unpaired) electrons. The minimum Gasteiger partial charge on any atom is -0.493 e. The molecule has 1 aromatic rings. The standard InChI is InChI=1S/C18H26F3N3O2.HI/c1-3-22-17(24-14-6-4-5-7-14)23-11-13-8-9-15(16(10-13)25-2)26-12-18(19,20)21;/h8-10,14H,3-7,11-12H2,1-2H3,(H2,22,23,24);1H.